The Morgan fingerprint density at radius 3 is 2.07 bits per heavy atom. The largest absolute Gasteiger partial charge is 0.508 e. The monoisotopic (exact) mass is 206 g/mol. The minimum Gasteiger partial charge on any atom is -0.508 e. The summed E-state index contributed by atoms with van der Waals surface area (Å²) in [6.45, 7) is 10.8. The van der Waals surface area contributed by atoms with Crippen molar-refractivity contribution in [1.82, 2.24) is 0 Å². The maximum atomic E-state index is 9.98. The zero-order valence-electron chi connectivity index (χ0n) is 10.5. The van der Waals surface area contributed by atoms with Crippen LogP contribution in [-0.2, 0) is 18.3 Å². The summed E-state index contributed by atoms with van der Waals surface area (Å²) in [6.07, 6.45) is 2.02. The fourth-order valence-electron chi connectivity index (χ4n) is 2.25. The second-order valence-electron chi connectivity index (χ2n) is 5.05. The molecule has 0 radical (unpaired) electrons. The summed E-state index contributed by atoms with van der Waals surface area (Å²) in [6, 6.07) is 3.88. The van der Waals surface area contributed by atoms with Crippen LogP contribution < -0.4 is 0 Å². The van der Waals surface area contributed by atoms with Gasteiger partial charge in [0, 0.05) is 5.56 Å². The molecule has 84 valence electrons. The van der Waals surface area contributed by atoms with Crippen LogP contribution in [0, 0.1) is 0 Å². The molecule has 0 unspecified atom stereocenters. The maximum Gasteiger partial charge on any atom is 0.119 e. The van der Waals surface area contributed by atoms with Crippen molar-refractivity contribution < 1.29 is 5.11 Å². The van der Waals surface area contributed by atoms with Gasteiger partial charge in [-0.3, -0.25) is 0 Å². The molecule has 15 heavy (non-hydrogen) atoms. The lowest BCUT2D eigenvalue weighted by molar-refractivity contribution is 0.444. The average molecular weight is 206 g/mol. The molecule has 0 aliphatic rings. The van der Waals surface area contributed by atoms with Crippen LogP contribution in [0.2, 0.25) is 0 Å². The van der Waals surface area contributed by atoms with E-state index in [-0.39, 0.29) is 5.41 Å². The summed E-state index contributed by atoms with van der Waals surface area (Å²) in [5, 5.41) is 9.98. The van der Waals surface area contributed by atoms with Crippen LogP contribution in [0.25, 0.3) is 0 Å². The van der Waals surface area contributed by atoms with E-state index in [1.54, 1.807) is 0 Å². The lowest BCUT2D eigenvalue weighted by Crippen LogP contribution is -2.15. The van der Waals surface area contributed by atoms with E-state index < -0.39 is 0 Å². The molecule has 0 heterocycles. The van der Waals surface area contributed by atoms with Crippen LogP contribution in [0.1, 0.15) is 51.3 Å². The van der Waals surface area contributed by atoms with Gasteiger partial charge in [0.2, 0.25) is 0 Å². The Kier molecular flexibility index (Phi) is 3.43. The van der Waals surface area contributed by atoms with E-state index in [2.05, 4.69) is 34.6 Å². The van der Waals surface area contributed by atoms with Crippen molar-refractivity contribution in [2.75, 3.05) is 0 Å². The summed E-state index contributed by atoms with van der Waals surface area (Å²) in [4.78, 5) is 0. The van der Waals surface area contributed by atoms with Crippen molar-refractivity contribution in [3.63, 3.8) is 0 Å². The fourth-order valence-corrected chi connectivity index (χ4v) is 2.25. The molecule has 0 bridgehead atoms. The molecule has 0 aromatic heterocycles. The first-order valence-electron chi connectivity index (χ1n) is 5.76. The molecule has 0 aliphatic heterocycles. The quantitative estimate of drug-likeness (QED) is 0.780. The first kappa shape index (κ1) is 12.1. The molecule has 1 nitrogen and oxygen atoms in total. The van der Waals surface area contributed by atoms with Crippen LogP contribution in [0.4, 0.5) is 0 Å². The molecule has 0 saturated carbocycles. The zero-order chi connectivity index (χ0) is 11.6. The smallest absolute Gasteiger partial charge is 0.119 e. The van der Waals surface area contributed by atoms with Crippen molar-refractivity contribution in [3.05, 3.63) is 28.8 Å². The highest BCUT2D eigenvalue weighted by Crippen LogP contribution is 2.35. The number of hydrogen-bond donors (Lipinski definition) is 1. The second-order valence-corrected chi connectivity index (χ2v) is 5.05. The summed E-state index contributed by atoms with van der Waals surface area (Å²) in [7, 11) is 0. The molecule has 0 spiro atoms. The molecule has 0 amide bonds. The van der Waals surface area contributed by atoms with E-state index in [0.29, 0.717) is 5.75 Å². The number of aromatic hydroxyl groups is 1. The van der Waals surface area contributed by atoms with Gasteiger partial charge in [-0.1, -0.05) is 40.7 Å². The first-order valence-corrected chi connectivity index (χ1v) is 5.76. The highest BCUT2D eigenvalue weighted by atomic mass is 16.3. The van der Waals surface area contributed by atoms with Gasteiger partial charge < -0.3 is 5.11 Å². The van der Waals surface area contributed by atoms with E-state index in [4.69, 9.17) is 0 Å². The first-order chi connectivity index (χ1) is 6.91. The van der Waals surface area contributed by atoms with Gasteiger partial charge in [-0.25, -0.2) is 0 Å². The number of benzene rings is 1. The minimum atomic E-state index is 0.0145. The van der Waals surface area contributed by atoms with E-state index in [0.717, 1.165) is 18.4 Å². The van der Waals surface area contributed by atoms with Gasteiger partial charge in [0.25, 0.3) is 0 Å². The zero-order valence-corrected chi connectivity index (χ0v) is 10.5. The Morgan fingerprint density at radius 1 is 1.07 bits per heavy atom. The van der Waals surface area contributed by atoms with E-state index in [9.17, 15) is 5.11 Å². The molecule has 0 aliphatic carbocycles. The van der Waals surface area contributed by atoms with Gasteiger partial charge in [-0.15, -0.1) is 0 Å². The SMILES string of the molecule is CCc1ccc(O)c(C(C)(C)C)c1CC. The Bertz CT molecular complexity index is 345. The third-order valence-electron chi connectivity index (χ3n) is 2.87. The minimum absolute atomic E-state index is 0.0145. The standard InChI is InChI=1S/C14H22O/c1-6-10-8-9-12(15)13(11(10)7-2)14(3,4)5/h8-9,15H,6-7H2,1-5H3. The number of rotatable bonds is 2. The van der Waals surface area contributed by atoms with Gasteiger partial charge in [-0.2, -0.15) is 0 Å². The molecule has 0 saturated heterocycles. The fraction of sp³-hybridized carbons (Fsp3) is 0.571. The summed E-state index contributed by atoms with van der Waals surface area (Å²) < 4.78 is 0. The van der Waals surface area contributed by atoms with Crippen molar-refractivity contribution in [3.8, 4) is 5.75 Å². The van der Waals surface area contributed by atoms with E-state index in [1.165, 1.54) is 11.1 Å². The molecule has 1 rings (SSSR count). The third kappa shape index (κ3) is 2.34. The average Bonchev–Trinajstić information content (AvgIpc) is 2.15. The highest BCUT2D eigenvalue weighted by Gasteiger charge is 2.22. The number of phenolic OH excluding ortho intramolecular Hbond substituents is 1. The molecule has 0 fully saturated rings. The molecule has 1 N–H and O–H groups in total. The number of aryl methyl sites for hydroxylation is 1. The van der Waals surface area contributed by atoms with E-state index in [1.807, 2.05) is 12.1 Å². The topological polar surface area (TPSA) is 20.2 Å². The van der Waals surface area contributed by atoms with Crippen molar-refractivity contribution in [1.29, 1.82) is 0 Å². The third-order valence-corrected chi connectivity index (χ3v) is 2.87. The molecule has 1 aromatic carbocycles. The Labute approximate surface area is 93.1 Å². The summed E-state index contributed by atoms with van der Waals surface area (Å²) in [5.74, 6) is 0.441. The van der Waals surface area contributed by atoms with Crippen LogP contribution >= 0.6 is 0 Å². The molecule has 0 atom stereocenters. The van der Waals surface area contributed by atoms with E-state index >= 15 is 0 Å². The van der Waals surface area contributed by atoms with Gasteiger partial charge in [0.05, 0.1) is 0 Å². The summed E-state index contributed by atoms with van der Waals surface area (Å²) >= 11 is 0. The lowest BCUT2D eigenvalue weighted by atomic mass is 9.80. The Balaban J connectivity index is 3.46. The van der Waals surface area contributed by atoms with Crippen LogP contribution in [0.3, 0.4) is 0 Å². The van der Waals surface area contributed by atoms with Gasteiger partial charge >= 0.3 is 0 Å². The molecule has 1 heteroatoms. The maximum absolute atomic E-state index is 9.98. The van der Waals surface area contributed by atoms with Crippen LogP contribution in [-0.4, -0.2) is 5.11 Å². The Morgan fingerprint density at radius 2 is 1.67 bits per heavy atom. The Hall–Kier alpha value is -0.980. The van der Waals surface area contributed by atoms with Gasteiger partial charge in [0.15, 0.2) is 0 Å². The van der Waals surface area contributed by atoms with Crippen molar-refractivity contribution in [2.45, 2.75) is 52.9 Å². The number of phenols is 1. The van der Waals surface area contributed by atoms with Crippen molar-refractivity contribution >= 4 is 0 Å². The molecule has 1 aromatic rings. The summed E-state index contributed by atoms with van der Waals surface area (Å²) in [5.41, 5.74) is 3.82. The number of hydrogen-bond acceptors (Lipinski definition) is 1. The van der Waals surface area contributed by atoms with Crippen molar-refractivity contribution in [2.24, 2.45) is 0 Å². The highest BCUT2D eigenvalue weighted by molar-refractivity contribution is 5.48. The molecular formula is C14H22O. The normalized spacial score (nSPS) is 11.8. The lowest BCUT2D eigenvalue weighted by Gasteiger charge is -2.25. The van der Waals surface area contributed by atoms with Gasteiger partial charge in [-0.05, 0) is 35.4 Å². The predicted octanol–water partition coefficient (Wildman–Crippen LogP) is 3.81. The van der Waals surface area contributed by atoms with Gasteiger partial charge in [0.1, 0.15) is 5.75 Å². The van der Waals surface area contributed by atoms with Crippen LogP contribution in [0.5, 0.6) is 5.75 Å². The molecular weight excluding hydrogens is 184 g/mol. The second kappa shape index (κ2) is 4.26. The predicted molar refractivity (Wildman–Crippen MR) is 65.6 cm³/mol. The van der Waals surface area contributed by atoms with Crippen LogP contribution in [0.15, 0.2) is 12.1 Å².